The molecule has 4 nitrogen and oxygen atoms in total. The average molecular weight is 296 g/mol. The highest BCUT2D eigenvalue weighted by atomic mass is 28.4. The van der Waals surface area contributed by atoms with E-state index in [4.69, 9.17) is 14.3 Å². The molecule has 0 aliphatic heterocycles. The number of aliphatic hydroxyl groups excluding tert-OH is 1. The van der Waals surface area contributed by atoms with E-state index in [0.717, 1.165) is 0 Å². The van der Waals surface area contributed by atoms with Crippen molar-refractivity contribution >= 4 is 19.5 Å². The molecule has 0 aliphatic rings. The maximum Gasteiger partial charge on any atom is 0.302 e. The summed E-state index contributed by atoms with van der Waals surface area (Å²) in [5.74, 6) is -0.285. The van der Waals surface area contributed by atoms with Gasteiger partial charge >= 0.3 is 5.97 Å². The topological polar surface area (TPSA) is 55.8 Å². The first-order valence-corrected chi connectivity index (χ1v) is 9.84. The van der Waals surface area contributed by atoms with Gasteiger partial charge in [0.1, 0.15) is 0 Å². The zero-order valence-corrected chi connectivity index (χ0v) is 13.5. The molecule has 0 heterocycles. The summed E-state index contributed by atoms with van der Waals surface area (Å²) < 4.78 is 11.2. The maximum absolute atomic E-state index is 10.8. The monoisotopic (exact) mass is 296 g/mol. The van der Waals surface area contributed by atoms with Crippen LogP contribution in [-0.4, -0.2) is 38.7 Å². The Morgan fingerprint density at radius 3 is 2.45 bits per heavy atom. The van der Waals surface area contributed by atoms with Gasteiger partial charge in [0, 0.05) is 20.0 Å². The average Bonchev–Trinajstić information content (AvgIpc) is 2.39. The van der Waals surface area contributed by atoms with Crippen molar-refractivity contribution in [2.24, 2.45) is 0 Å². The smallest absolute Gasteiger partial charge is 0.302 e. The van der Waals surface area contributed by atoms with Gasteiger partial charge in [0.05, 0.1) is 12.7 Å². The predicted octanol–water partition coefficient (Wildman–Crippen LogP) is 1.82. The number of ether oxygens (including phenoxy) is 1. The summed E-state index contributed by atoms with van der Waals surface area (Å²) >= 11 is 0. The normalized spacial score (nSPS) is 13.0. The number of hydrogen-bond acceptors (Lipinski definition) is 4. The number of aliphatic hydroxyl groups is 1. The van der Waals surface area contributed by atoms with Crippen molar-refractivity contribution < 1.29 is 19.1 Å². The largest absolute Gasteiger partial charge is 0.466 e. The van der Waals surface area contributed by atoms with E-state index in [-0.39, 0.29) is 18.7 Å². The minimum absolute atomic E-state index is 0.0734. The highest BCUT2D eigenvalue weighted by Gasteiger charge is 2.28. The van der Waals surface area contributed by atoms with E-state index >= 15 is 0 Å². The Kier molecular flexibility index (Phi) is 6.91. The summed E-state index contributed by atoms with van der Waals surface area (Å²) in [6, 6.07) is 10.2. The first-order valence-electron chi connectivity index (χ1n) is 6.93. The van der Waals surface area contributed by atoms with Crippen molar-refractivity contribution in [3.8, 4) is 0 Å². The van der Waals surface area contributed by atoms with E-state index in [2.05, 4.69) is 25.2 Å². The van der Waals surface area contributed by atoms with Gasteiger partial charge in [-0.25, -0.2) is 0 Å². The Morgan fingerprint density at radius 2 is 1.90 bits per heavy atom. The van der Waals surface area contributed by atoms with Crippen LogP contribution in [0, 0.1) is 0 Å². The molecule has 0 radical (unpaired) electrons. The molecule has 0 saturated carbocycles. The Labute approximate surface area is 121 Å². The van der Waals surface area contributed by atoms with Crippen LogP contribution in [0.4, 0.5) is 0 Å². The molecule has 0 amide bonds. The van der Waals surface area contributed by atoms with Gasteiger partial charge in [0.2, 0.25) is 8.32 Å². The molecule has 0 fully saturated rings. The second-order valence-corrected chi connectivity index (χ2v) is 9.09. The minimum Gasteiger partial charge on any atom is -0.466 e. The number of hydrogen-bond donors (Lipinski definition) is 1. The molecule has 5 heteroatoms. The minimum atomic E-state index is -2.01. The predicted molar refractivity (Wildman–Crippen MR) is 81.4 cm³/mol. The van der Waals surface area contributed by atoms with Crippen LogP contribution < -0.4 is 5.19 Å². The lowest BCUT2D eigenvalue weighted by Crippen LogP contribution is -2.47. The lowest BCUT2D eigenvalue weighted by atomic mass is 10.2. The zero-order chi connectivity index (χ0) is 15.0. The van der Waals surface area contributed by atoms with E-state index in [1.54, 1.807) is 0 Å². The summed E-state index contributed by atoms with van der Waals surface area (Å²) in [7, 11) is -2.01. The Morgan fingerprint density at radius 1 is 1.25 bits per heavy atom. The first-order chi connectivity index (χ1) is 9.45. The maximum atomic E-state index is 10.8. The molecular weight excluding hydrogens is 272 g/mol. The van der Waals surface area contributed by atoms with E-state index in [0.29, 0.717) is 19.4 Å². The highest BCUT2D eigenvalue weighted by molar-refractivity contribution is 6.84. The first kappa shape index (κ1) is 16.9. The van der Waals surface area contributed by atoms with Crippen molar-refractivity contribution in [3.05, 3.63) is 30.3 Å². The van der Waals surface area contributed by atoms with Gasteiger partial charge in [0.15, 0.2) is 0 Å². The Hall–Kier alpha value is -1.17. The fraction of sp³-hybridized carbons (Fsp3) is 0.533. The van der Waals surface area contributed by atoms with Crippen molar-refractivity contribution in [1.29, 1.82) is 0 Å². The summed E-state index contributed by atoms with van der Waals surface area (Å²) in [6.07, 6.45) is 1.09. The summed E-state index contributed by atoms with van der Waals surface area (Å²) in [5, 5.41) is 10.4. The van der Waals surface area contributed by atoms with Crippen LogP contribution in [-0.2, 0) is 14.0 Å². The van der Waals surface area contributed by atoms with Crippen molar-refractivity contribution in [2.75, 3.05) is 13.2 Å². The number of esters is 1. The Bertz CT molecular complexity index is 406. The van der Waals surface area contributed by atoms with Crippen molar-refractivity contribution in [2.45, 2.75) is 39.0 Å². The van der Waals surface area contributed by atoms with Crippen LogP contribution in [0.5, 0.6) is 0 Å². The molecule has 0 bridgehead atoms. The molecule has 0 unspecified atom stereocenters. The van der Waals surface area contributed by atoms with Gasteiger partial charge in [-0.3, -0.25) is 4.79 Å². The zero-order valence-electron chi connectivity index (χ0n) is 12.5. The third-order valence-electron chi connectivity index (χ3n) is 3.13. The quantitative estimate of drug-likeness (QED) is 0.587. The number of carbonyl (C=O) groups excluding carboxylic acids is 1. The van der Waals surface area contributed by atoms with Gasteiger partial charge in [-0.1, -0.05) is 30.3 Å². The van der Waals surface area contributed by atoms with E-state index in [9.17, 15) is 4.79 Å². The summed E-state index contributed by atoms with van der Waals surface area (Å²) in [6.45, 7) is 6.07. The van der Waals surface area contributed by atoms with Gasteiger partial charge in [-0.2, -0.15) is 0 Å². The molecule has 0 aromatic heterocycles. The molecular formula is C15H24O4Si. The van der Waals surface area contributed by atoms with Crippen LogP contribution in [0.1, 0.15) is 19.8 Å². The lowest BCUT2D eigenvalue weighted by molar-refractivity contribution is -0.141. The van der Waals surface area contributed by atoms with Crippen LogP contribution in [0.3, 0.4) is 0 Å². The van der Waals surface area contributed by atoms with Gasteiger partial charge < -0.3 is 14.3 Å². The number of carbonyl (C=O) groups is 1. The molecule has 1 aromatic rings. The van der Waals surface area contributed by atoms with Gasteiger partial charge in [-0.15, -0.1) is 0 Å². The number of rotatable bonds is 8. The SMILES string of the molecule is CC(=O)OCC[C@H](CCO)O[Si](C)(C)c1ccccc1. The Balaban J connectivity index is 2.61. The van der Waals surface area contributed by atoms with Gasteiger partial charge in [-0.05, 0) is 24.7 Å². The summed E-state index contributed by atoms with van der Waals surface area (Å²) in [5.41, 5.74) is 0. The molecule has 1 rings (SSSR count). The van der Waals surface area contributed by atoms with Gasteiger partial charge in [0.25, 0.3) is 0 Å². The van der Waals surface area contributed by atoms with E-state index < -0.39 is 8.32 Å². The highest BCUT2D eigenvalue weighted by Crippen LogP contribution is 2.14. The fourth-order valence-corrected chi connectivity index (χ4v) is 4.26. The molecule has 112 valence electrons. The molecule has 1 atom stereocenters. The van der Waals surface area contributed by atoms with Crippen molar-refractivity contribution in [1.82, 2.24) is 0 Å². The second kappa shape index (κ2) is 8.19. The third kappa shape index (κ3) is 5.86. The lowest BCUT2D eigenvalue weighted by Gasteiger charge is -2.29. The molecule has 0 saturated heterocycles. The molecule has 20 heavy (non-hydrogen) atoms. The van der Waals surface area contributed by atoms with E-state index in [1.807, 2.05) is 18.2 Å². The molecule has 0 spiro atoms. The summed E-state index contributed by atoms with van der Waals surface area (Å²) in [4.78, 5) is 10.8. The second-order valence-electron chi connectivity index (χ2n) is 5.26. The molecule has 0 aliphatic carbocycles. The number of benzene rings is 1. The third-order valence-corrected chi connectivity index (χ3v) is 5.77. The van der Waals surface area contributed by atoms with Crippen LogP contribution in [0.2, 0.25) is 13.1 Å². The standard InChI is InChI=1S/C15H24O4Si/c1-13(17)18-12-10-14(9-11-16)19-20(2,3)15-7-5-4-6-8-15/h4-8,14,16H,9-12H2,1-3H3/t14-/m0/s1. The van der Waals surface area contributed by atoms with Crippen molar-refractivity contribution in [3.63, 3.8) is 0 Å². The van der Waals surface area contributed by atoms with Crippen LogP contribution in [0.25, 0.3) is 0 Å². The molecule has 1 N–H and O–H groups in total. The van der Waals surface area contributed by atoms with Crippen LogP contribution in [0.15, 0.2) is 30.3 Å². The van der Waals surface area contributed by atoms with E-state index in [1.165, 1.54) is 12.1 Å². The fourth-order valence-electron chi connectivity index (χ4n) is 2.06. The van der Waals surface area contributed by atoms with Crippen LogP contribution >= 0.6 is 0 Å². The molecule has 1 aromatic carbocycles.